The third-order valence-corrected chi connectivity index (χ3v) is 4.64. The first-order chi connectivity index (χ1) is 14.8. The second-order valence-corrected chi connectivity index (χ2v) is 8.34. The van der Waals surface area contributed by atoms with Crippen molar-refractivity contribution in [3.8, 4) is 17.6 Å². The maximum absolute atomic E-state index is 11.9. The summed E-state index contributed by atoms with van der Waals surface area (Å²) in [6.45, 7) is 5.54. The Morgan fingerprint density at radius 3 is 2.52 bits per heavy atom. The van der Waals surface area contributed by atoms with E-state index in [4.69, 9.17) is 9.47 Å². The number of alkyl carbamates (subject to hydrolysis) is 1. The Hall–Kier alpha value is -3.47. The Labute approximate surface area is 183 Å². The number of aromatic nitrogens is 2. The van der Waals surface area contributed by atoms with Gasteiger partial charge in [-0.2, -0.15) is 4.98 Å². The monoisotopic (exact) mass is 423 g/mol. The Bertz CT molecular complexity index is 967. The van der Waals surface area contributed by atoms with E-state index in [0.29, 0.717) is 17.3 Å². The molecule has 1 aromatic heterocycles. The van der Waals surface area contributed by atoms with Crippen molar-refractivity contribution in [2.75, 3.05) is 24.8 Å². The zero-order valence-corrected chi connectivity index (χ0v) is 18.6. The number of carbonyl (C=O) groups is 1. The summed E-state index contributed by atoms with van der Waals surface area (Å²) in [5, 5.41) is 9.12. The van der Waals surface area contributed by atoms with Gasteiger partial charge in [-0.3, -0.25) is 0 Å². The number of anilines is 3. The average molecular weight is 424 g/mol. The van der Waals surface area contributed by atoms with Gasteiger partial charge in [0.15, 0.2) is 5.82 Å². The van der Waals surface area contributed by atoms with Gasteiger partial charge in [0.2, 0.25) is 5.95 Å². The van der Waals surface area contributed by atoms with Crippen LogP contribution in [0.15, 0.2) is 30.5 Å². The van der Waals surface area contributed by atoms with Crippen LogP contribution in [0, 0.1) is 17.8 Å². The topological polar surface area (TPSA) is 97.4 Å². The highest BCUT2D eigenvalue weighted by Gasteiger charge is 2.30. The molecule has 2 aromatic rings. The third-order valence-electron chi connectivity index (χ3n) is 4.64. The van der Waals surface area contributed by atoms with Crippen LogP contribution in [0.1, 0.15) is 39.2 Å². The number of amides is 1. The summed E-state index contributed by atoms with van der Waals surface area (Å²) in [7, 11) is 3.40. The van der Waals surface area contributed by atoms with Crippen molar-refractivity contribution in [2.45, 2.75) is 45.3 Å². The predicted octanol–water partition coefficient (Wildman–Crippen LogP) is 3.93. The molecule has 3 rings (SSSR count). The highest BCUT2D eigenvalue weighted by atomic mass is 16.6. The van der Waals surface area contributed by atoms with Gasteiger partial charge in [-0.05, 0) is 57.9 Å². The first kappa shape index (κ1) is 22.2. The van der Waals surface area contributed by atoms with Gasteiger partial charge in [0.05, 0.1) is 18.9 Å². The number of hydrogen-bond acceptors (Lipinski definition) is 7. The van der Waals surface area contributed by atoms with E-state index in [1.165, 1.54) is 0 Å². The molecule has 31 heavy (non-hydrogen) atoms. The van der Waals surface area contributed by atoms with Crippen molar-refractivity contribution in [3.63, 3.8) is 0 Å². The lowest BCUT2D eigenvalue weighted by molar-refractivity contribution is 0.0467. The van der Waals surface area contributed by atoms with Gasteiger partial charge in [-0.25, -0.2) is 9.78 Å². The molecule has 1 amide bonds. The maximum atomic E-state index is 11.9. The van der Waals surface area contributed by atoms with Crippen molar-refractivity contribution in [1.82, 2.24) is 15.3 Å². The van der Waals surface area contributed by atoms with Gasteiger partial charge in [0.25, 0.3) is 0 Å². The summed E-state index contributed by atoms with van der Waals surface area (Å²) >= 11 is 0. The normalized spacial score (nSPS) is 17.5. The van der Waals surface area contributed by atoms with Crippen molar-refractivity contribution in [1.29, 1.82) is 0 Å². The number of nitrogens with zero attached hydrogens (tertiary/aromatic N) is 2. The van der Waals surface area contributed by atoms with Crippen LogP contribution in [0.2, 0.25) is 0 Å². The minimum Gasteiger partial charge on any atom is -0.497 e. The third kappa shape index (κ3) is 6.51. The van der Waals surface area contributed by atoms with E-state index >= 15 is 0 Å². The maximum Gasteiger partial charge on any atom is 0.407 e. The lowest BCUT2D eigenvalue weighted by Crippen LogP contribution is -2.45. The van der Waals surface area contributed by atoms with E-state index in [1.807, 2.05) is 45.0 Å². The number of methoxy groups -OCH3 is 1. The average Bonchev–Trinajstić information content (AvgIpc) is 2.69. The highest BCUT2D eigenvalue weighted by molar-refractivity contribution is 5.68. The van der Waals surface area contributed by atoms with Gasteiger partial charge in [-0.15, -0.1) is 0 Å². The number of hydrogen-bond donors (Lipinski definition) is 3. The molecular formula is C23H29N5O3. The van der Waals surface area contributed by atoms with Gasteiger partial charge in [-0.1, -0.05) is 11.8 Å². The van der Waals surface area contributed by atoms with Crippen LogP contribution in [-0.2, 0) is 4.74 Å². The van der Waals surface area contributed by atoms with Gasteiger partial charge in [0, 0.05) is 24.7 Å². The molecule has 1 heterocycles. The molecule has 1 saturated carbocycles. The lowest BCUT2D eigenvalue weighted by Gasteiger charge is -2.33. The molecule has 1 aromatic carbocycles. The van der Waals surface area contributed by atoms with Gasteiger partial charge >= 0.3 is 6.09 Å². The van der Waals surface area contributed by atoms with Crippen LogP contribution >= 0.6 is 0 Å². The van der Waals surface area contributed by atoms with Crippen LogP contribution in [0.3, 0.4) is 0 Å². The first-order valence-electron chi connectivity index (χ1n) is 10.2. The van der Waals surface area contributed by atoms with Crippen molar-refractivity contribution >= 4 is 23.5 Å². The summed E-state index contributed by atoms with van der Waals surface area (Å²) in [6, 6.07) is 7.67. The molecule has 164 valence electrons. The van der Waals surface area contributed by atoms with Crippen LogP contribution in [0.4, 0.5) is 22.2 Å². The number of benzene rings is 1. The molecule has 8 nitrogen and oxygen atoms in total. The predicted molar refractivity (Wildman–Crippen MR) is 121 cm³/mol. The standard InChI is InChI=1S/C23H29N5O3/c1-23(2,3)31-22(29)27-18-12-15(13-18)6-7-16-14-25-21(24-4)28-20(16)26-17-8-10-19(30-5)11-9-17/h8-11,14-15,18H,12-13H2,1-5H3,(H,27,29)(H2,24,25,26,28). The molecule has 1 aliphatic carbocycles. The van der Waals surface area contributed by atoms with E-state index in [9.17, 15) is 4.79 Å². The van der Waals surface area contributed by atoms with E-state index < -0.39 is 5.60 Å². The second kappa shape index (κ2) is 9.56. The van der Waals surface area contributed by atoms with Crippen molar-refractivity contribution < 1.29 is 14.3 Å². The van der Waals surface area contributed by atoms with Crippen LogP contribution < -0.4 is 20.7 Å². The molecule has 8 heteroatoms. The smallest absolute Gasteiger partial charge is 0.407 e. The Morgan fingerprint density at radius 2 is 1.90 bits per heavy atom. The van der Waals surface area contributed by atoms with Crippen molar-refractivity contribution in [2.24, 2.45) is 5.92 Å². The molecule has 0 atom stereocenters. The fraction of sp³-hybridized carbons (Fsp3) is 0.435. The molecule has 1 fully saturated rings. The van der Waals surface area contributed by atoms with Crippen molar-refractivity contribution in [3.05, 3.63) is 36.0 Å². The Kier molecular flexibility index (Phi) is 6.85. The molecule has 0 radical (unpaired) electrons. The van der Waals surface area contributed by atoms with Crippen LogP contribution in [0.5, 0.6) is 5.75 Å². The number of nitrogens with one attached hydrogen (secondary N) is 3. The number of rotatable bonds is 5. The van der Waals surface area contributed by atoms with E-state index in [0.717, 1.165) is 24.3 Å². The highest BCUT2D eigenvalue weighted by Crippen LogP contribution is 2.28. The summed E-state index contributed by atoms with van der Waals surface area (Å²) in [6.07, 6.45) is 2.91. The largest absolute Gasteiger partial charge is 0.497 e. The molecule has 3 N–H and O–H groups in total. The second-order valence-electron chi connectivity index (χ2n) is 8.34. The van der Waals surface area contributed by atoms with Gasteiger partial charge < -0.3 is 25.4 Å². The fourth-order valence-corrected chi connectivity index (χ4v) is 3.01. The van der Waals surface area contributed by atoms with Gasteiger partial charge in [0.1, 0.15) is 11.4 Å². The minimum absolute atomic E-state index is 0.0916. The van der Waals surface area contributed by atoms with Crippen LogP contribution in [0.25, 0.3) is 0 Å². The summed E-state index contributed by atoms with van der Waals surface area (Å²) in [4.78, 5) is 20.6. The molecule has 0 aliphatic heterocycles. The molecular weight excluding hydrogens is 394 g/mol. The summed E-state index contributed by atoms with van der Waals surface area (Å²) in [5.41, 5.74) is 1.08. The zero-order chi connectivity index (χ0) is 22.4. The molecule has 0 bridgehead atoms. The Morgan fingerprint density at radius 1 is 1.19 bits per heavy atom. The Balaban J connectivity index is 1.63. The molecule has 0 saturated heterocycles. The first-order valence-corrected chi connectivity index (χ1v) is 10.2. The van der Waals surface area contributed by atoms with E-state index in [-0.39, 0.29) is 18.1 Å². The molecule has 0 unspecified atom stereocenters. The molecule has 1 aliphatic rings. The van der Waals surface area contributed by atoms with E-state index in [1.54, 1.807) is 20.4 Å². The van der Waals surface area contributed by atoms with E-state index in [2.05, 4.69) is 37.8 Å². The number of ether oxygens (including phenoxy) is 2. The minimum atomic E-state index is -0.500. The lowest BCUT2D eigenvalue weighted by atomic mass is 9.81. The quantitative estimate of drug-likeness (QED) is 0.627. The summed E-state index contributed by atoms with van der Waals surface area (Å²) in [5.74, 6) is 8.57. The molecule has 0 spiro atoms. The SMILES string of the molecule is CNc1ncc(C#CC2CC(NC(=O)OC(C)(C)C)C2)c(Nc2ccc(OC)cc2)n1. The number of carbonyl (C=O) groups excluding carboxylic acids is 1. The zero-order valence-electron chi connectivity index (χ0n) is 18.6. The van der Waals surface area contributed by atoms with Crippen LogP contribution in [-0.4, -0.2) is 41.9 Å². The fourth-order valence-electron chi connectivity index (χ4n) is 3.01. The summed E-state index contributed by atoms with van der Waals surface area (Å²) < 4.78 is 10.5.